The van der Waals surface area contributed by atoms with Gasteiger partial charge in [0.15, 0.2) is 6.29 Å². The number of nitrogens with two attached hydrogens (primary N) is 1. The van der Waals surface area contributed by atoms with Crippen LogP contribution < -0.4 is 5.73 Å². The zero-order valence-corrected chi connectivity index (χ0v) is 7.63. The SMILES string of the molecule is N=CC=C(N)c1cc(F)c(C=O)c(F)c1. The van der Waals surface area contributed by atoms with Crippen LogP contribution in [-0.4, -0.2) is 12.5 Å². The third kappa shape index (κ3) is 2.25. The molecule has 0 saturated carbocycles. The number of hydrogen-bond donors (Lipinski definition) is 2. The number of rotatable bonds is 3. The maximum Gasteiger partial charge on any atom is 0.155 e. The highest BCUT2D eigenvalue weighted by Gasteiger charge is 2.10. The van der Waals surface area contributed by atoms with Crippen molar-refractivity contribution in [3.8, 4) is 0 Å². The molecule has 15 heavy (non-hydrogen) atoms. The van der Waals surface area contributed by atoms with E-state index >= 15 is 0 Å². The van der Waals surface area contributed by atoms with Crippen LogP contribution in [0.25, 0.3) is 5.70 Å². The smallest absolute Gasteiger partial charge is 0.155 e. The molecule has 0 heterocycles. The maximum absolute atomic E-state index is 13.1. The zero-order chi connectivity index (χ0) is 11.4. The molecule has 0 amide bonds. The molecule has 0 saturated heterocycles. The van der Waals surface area contributed by atoms with Crippen LogP contribution in [-0.2, 0) is 0 Å². The van der Waals surface area contributed by atoms with Gasteiger partial charge in [0.1, 0.15) is 11.6 Å². The Morgan fingerprint density at radius 1 is 1.33 bits per heavy atom. The lowest BCUT2D eigenvalue weighted by Crippen LogP contribution is -2.01. The largest absolute Gasteiger partial charge is 0.398 e. The molecule has 0 aliphatic carbocycles. The van der Waals surface area contributed by atoms with Gasteiger partial charge in [-0.05, 0) is 18.2 Å². The Bertz CT molecular complexity index is 418. The summed E-state index contributed by atoms with van der Waals surface area (Å²) in [6.07, 6.45) is 2.19. The van der Waals surface area contributed by atoms with Gasteiger partial charge in [0, 0.05) is 17.5 Å². The maximum atomic E-state index is 13.1. The molecule has 0 unspecified atom stereocenters. The fourth-order valence-electron chi connectivity index (χ4n) is 1.05. The van der Waals surface area contributed by atoms with Gasteiger partial charge in [0.2, 0.25) is 0 Å². The highest BCUT2D eigenvalue weighted by molar-refractivity contribution is 5.83. The molecule has 5 heteroatoms. The monoisotopic (exact) mass is 210 g/mol. The Morgan fingerprint density at radius 2 is 1.87 bits per heavy atom. The highest BCUT2D eigenvalue weighted by atomic mass is 19.1. The summed E-state index contributed by atoms with van der Waals surface area (Å²) in [5.74, 6) is -1.94. The Kier molecular flexibility index (Phi) is 3.28. The fraction of sp³-hybridized carbons (Fsp3) is 0. The van der Waals surface area contributed by atoms with E-state index in [0.29, 0.717) is 0 Å². The summed E-state index contributed by atoms with van der Waals surface area (Å²) in [6.45, 7) is 0. The van der Waals surface area contributed by atoms with Crippen LogP contribution in [0.2, 0.25) is 0 Å². The zero-order valence-electron chi connectivity index (χ0n) is 7.63. The average molecular weight is 210 g/mol. The predicted octanol–water partition coefficient (Wildman–Crippen LogP) is 1.73. The highest BCUT2D eigenvalue weighted by Crippen LogP contribution is 2.17. The molecule has 1 aromatic carbocycles. The Morgan fingerprint density at radius 3 is 2.27 bits per heavy atom. The van der Waals surface area contributed by atoms with Gasteiger partial charge in [-0.1, -0.05) is 0 Å². The molecule has 0 spiro atoms. The van der Waals surface area contributed by atoms with Gasteiger partial charge < -0.3 is 11.1 Å². The third-order valence-electron chi connectivity index (χ3n) is 1.79. The lowest BCUT2D eigenvalue weighted by molar-refractivity contribution is 0.111. The van der Waals surface area contributed by atoms with Crippen molar-refractivity contribution in [1.29, 1.82) is 5.41 Å². The van der Waals surface area contributed by atoms with Crippen molar-refractivity contribution in [3.05, 3.63) is 41.0 Å². The van der Waals surface area contributed by atoms with Gasteiger partial charge in [-0.15, -0.1) is 0 Å². The number of carbonyl (C=O) groups excluding carboxylic acids is 1. The van der Waals surface area contributed by atoms with Gasteiger partial charge >= 0.3 is 0 Å². The topological polar surface area (TPSA) is 66.9 Å². The number of halogens is 2. The van der Waals surface area contributed by atoms with Crippen molar-refractivity contribution in [2.75, 3.05) is 0 Å². The molecular weight excluding hydrogens is 202 g/mol. The van der Waals surface area contributed by atoms with Crippen LogP contribution in [0.5, 0.6) is 0 Å². The lowest BCUT2D eigenvalue weighted by atomic mass is 10.1. The molecule has 0 bridgehead atoms. The van der Waals surface area contributed by atoms with Crippen LogP contribution in [0.4, 0.5) is 8.78 Å². The Labute approximate surface area is 84.7 Å². The molecule has 0 aromatic heterocycles. The van der Waals surface area contributed by atoms with Crippen molar-refractivity contribution in [3.63, 3.8) is 0 Å². The number of aldehydes is 1. The minimum atomic E-state index is -0.971. The first-order valence-corrected chi connectivity index (χ1v) is 4.01. The third-order valence-corrected chi connectivity index (χ3v) is 1.79. The first kappa shape index (κ1) is 11.0. The Hall–Kier alpha value is -2.04. The van der Waals surface area contributed by atoms with Crippen LogP contribution in [0.3, 0.4) is 0 Å². The molecule has 78 valence electrons. The summed E-state index contributed by atoms with van der Waals surface area (Å²) >= 11 is 0. The molecule has 0 atom stereocenters. The van der Waals surface area contributed by atoms with Crippen LogP contribution in [0.15, 0.2) is 18.2 Å². The van der Waals surface area contributed by atoms with E-state index in [2.05, 4.69) is 0 Å². The number of nitrogens with one attached hydrogen (secondary N) is 1. The van der Waals surface area contributed by atoms with E-state index in [4.69, 9.17) is 11.1 Å². The average Bonchev–Trinajstić information content (AvgIpc) is 2.17. The van der Waals surface area contributed by atoms with E-state index < -0.39 is 17.2 Å². The molecule has 0 aliphatic rings. The summed E-state index contributed by atoms with van der Waals surface area (Å²) in [4.78, 5) is 10.3. The molecule has 0 aliphatic heterocycles. The minimum Gasteiger partial charge on any atom is -0.398 e. The van der Waals surface area contributed by atoms with Crippen LogP contribution in [0, 0.1) is 17.0 Å². The van der Waals surface area contributed by atoms with Crippen molar-refractivity contribution < 1.29 is 13.6 Å². The van der Waals surface area contributed by atoms with E-state index in [1.165, 1.54) is 6.08 Å². The summed E-state index contributed by atoms with van der Waals surface area (Å²) in [7, 11) is 0. The molecule has 0 fully saturated rings. The first-order valence-electron chi connectivity index (χ1n) is 4.01. The van der Waals surface area contributed by atoms with Gasteiger partial charge in [-0.25, -0.2) is 8.78 Å². The number of hydrogen-bond acceptors (Lipinski definition) is 3. The van der Waals surface area contributed by atoms with Crippen LogP contribution >= 0.6 is 0 Å². The van der Waals surface area contributed by atoms with Crippen LogP contribution in [0.1, 0.15) is 15.9 Å². The summed E-state index contributed by atoms with van der Waals surface area (Å²) < 4.78 is 26.2. The minimum absolute atomic E-state index is 0.0558. The predicted molar refractivity (Wildman–Crippen MR) is 52.7 cm³/mol. The van der Waals surface area contributed by atoms with Gasteiger partial charge in [0.05, 0.1) is 5.56 Å². The lowest BCUT2D eigenvalue weighted by Gasteiger charge is -2.03. The van der Waals surface area contributed by atoms with Crippen molar-refractivity contribution in [2.24, 2.45) is 5.73 Å². The molecular formula is C10H8F2N2O. The van der Waals surface area contributed by atoms with Crippen molar-refractivity contribution >= 4 is 18.2 Å². The van der Waals surface area contributed by atoms with E-state index in [-0.39, 0.29) is 17.5 Å². The van der Waals surface area contributed by atoms with E-state index in [1.54, 1.807) is 0 Å². The quantitative estimate of drug-likeness (QED) is 0.589. The second-order valence-electron chi connectivity index (χ2n) is 2.76. The summed E-state index contributed by atoms with van der Waals surface area (Å²) in [5, 5.41) is 6.74. The molecule has 3 nitrogen and oxygen atoms in total. The number of benzene rings is 1. The Balaban J connectivity index is 3.31. The molecule has 1 rings (SSSR count). The molecule has 0 radical (unpaired) electrons. The van der Waals surface area contributed by atoms with E-state index in [9.17, 15) is 13.6 Å². The van der Waals surface area contributed by atoms with Gasteiger partial charge in [-0.3, -0.25) is 4.79 Å². The van der Waals surface area contributed by atoms with Gasteiger partial charge in [0.25, 0.3) is 0 Å². The first-order chi connectivity index (χ1) is 7.10. The van der Waals surface area contributed by atoms with E-state index in [1.807, 2.05) is 0 Å². The van der Waals surface area contributed by atoms with Crippen molar-refractivity contribution in [2.45, 2.75) is 0 Å². The summed E-state index contributed by atoms with van der Waals surface area (Å²) in [6, 6.07) is 1.89. The second kappa shape index (κ2) is 4.45. The van der Waals surface area contributed by atoms with Gasteiger partial charge in [-0.2, -0.15) is 0 Å². The number of allylic oxidation sites excluding steroid dienone is 1. The molecule has 3 N–H and O–H groups in total. The normalized spacial score (nSPS) is 11.2. The fourth-order valence-corrected chi connectivity index (χ4v) is 1.05. The standard InChI is InChI=1S/C10H8F2N2O/c11-8-3-6(10(14)1-2-13)4-9(12)7(8)5-15/h1-5,13H,14H2. The number of carbonyl (C=O) groups is 1. The molecule has 1 aromatic rings. The second-order valence-corrected chi connectivity index (χ2v) is 2.76. The summed E-state index contributed by atoms with van der Waals surface area (Å²) in [5.41, 5.74) is 4.95. The van der Waals surface area contributed by atoms with Crippen molar-refractivity contribution in [1.82, 2.24) is 0 Å². The van der Waals surface area contributed by atoms with E-state index in [0.717, 1.165) is 18.3 Å².